The van der Waals surface area contributed by atoms with Crippen LogP contribution in [-0.4, -0.2) is 262 Å². The molecule has 552 valence electrons. The summed E-state index contributed by atoms with van der Waals surface area (Å²) >= 11 is 0. The van der Waals surface area contributed by atoms with Crippen molar-refractivity contribution in [2.24, 2.45) is 57.2 Å². The first kappa shape index (κ1) is 75.8. The Morgan fingerprint density at radius 3 is 1.26 bits per heavy atom. The molecule has 6 fully saturated rings. The predicted octanol–water partition coefficient (Wildman–Crippen LogP) is 3.48. The van der Waals surface area contributed by atoms with E-state index >= 15 is 0 Å². The molecule has 10 rings (SSSR count). The summed E-state index contributed by atoms with van der Waals surface area (Å²) in [6, 6.07) is 0. The molecule has 6 saturated carbocycles. The molecule has 26 nitrogen and oxygen atoms in total. The quantitative estimate of drug-likeness (QED) is 0.0503. The molecule has 6 N–H and O–H groups in total. The van der Waals surface area contributed by atoms with E-state index in [1.165, 1.54) is 64.1 Å². The van der Waals surface area contributed by atoms with Gasteiger partial charge in [-0.25, -0.2) is 0 Å². The van der Waals surface area contributed by atoms with Gasteiger partial charge in [0.1, 0.15) is 17.5 Å². The van der Waals surface area contributed by atoms with Crippen LogP contribution in [0, 0.1) is 57.2 Å². The molecule has 0 spiro atoms. The molecule has 2 aliphatic heterocycles. The largest absolute Gasteiger partial charge is 0.383 e. The predicted molar refractivity (Wildman–Crippen MR) is 369 cm³/mol. The lowest BCUT2D eigenvalue weighted by Crippen LogP contribution is -2.56. The van der Waals surface area contributed by atoms with Crippen LogP contribution in [-0.2, 0) is 57.3 Å². The van der Waals surface area contributed by atoms with Gasteiger partial charge in [-0.05, 0) is 168 Å². The smallest absolute Gasteiger partial charge is 0.242 e. The summed E-state index contributed by atoms with van der Waals surface area (Å²) < 4.78 is 21.4. The highest BCUT2D eigenvalue weighted by Crippen LogP contribution is 2.70. The highest BCUT2D eigenvalue weighted by molar-refractivity contribution is 5.93. The molecule has 0 radical (unpaired) electrons. The number of carbonyl (C=O) groups excluding carboxylic acids is 8. The van der Waals surface area contributed by atoms with Crippen LogP contribution in [0.3, 0.4) is 0 Å². The van der Waals surface area contributed by atoms with Crippen LogP contribution < -0.4 is 21.9 Å². The second-order valence-corrected chi connectivity index (χ2v) is 31.3. The number of aliphatic hydroxyl groups is 2. The second-order valence-electron chi connectivity index (χ2n) is 31.3. The van der Waals surface area contributed by atoms with Gasteiger partial charge < -0.3 is 69.3 Å². The number of aldehydes is 1. The monoisotopic (exact) mass is 1380 g/mol. The zero-order chi connectivity index (χ0) is 71.1. The van der Waals surface area contributed by atoms with Crippen molar-refractivity contribution in [3.63, 3.8) is 0 Å². The number of fused-ring (bicyclic) bond motifs is 10. The lowest BCUT2D eigenvalue weighted by Gasteiger charge is -2.59. The Bertz CT molecular complexity index is 3090. The molecule has 0 saturated heterocycles. The molecule has 2 heterocycles. The number of likely N-dealkylation sites (N-methyl/N-ethyl adjacent to an activating group) is 1. The maximum absolute atomic E-state index is 14.9. The average molecular weight is 1390 g/mol. The third-order valence-corrected chi connectivity index (χ3v) is 26.2. The topological polar surface area (TPSA) is 288 Å². The molecule has 0 bridgehead atoms. The van der Waals surface area contributed by atoms with Crippen molar-refractivity contribution in [1.29, 1.82) is 0 Å². The lowest BCUT2D eigenvalue weighted by atomic mass is 9.46. The summed E-state index contributed by atoms with van der Waals surface area (Å²) in [6.45, 7) is 9.55. The molecule has 99 heavy (non-hydrogen) atoms. The number of hydrazine groups is 4. The average Bonchev–Trinajstić information content (AvgIpc) is 1.60. The van der Waals surface area contributed by atoms with Gasteiger partial charge in [0.2, 0.25) is 29.5 Å². The van der Waals surface area contributed by atoms with Crippen molar-refractivity contribution in [3.05, 3.63) is 47.1 Å². The van der Waals surface area contributed by atoms with E-state index in [0.29, 0.717) is 106 Å². The molecular formula is C73H116N12O14. The summed E-state index contributed by atoms with van der Waals surface area (Å²) in [5, 5.41) is 29.4. The van der Waals surface area contributed by atoms with Gasteiger partial charge in [0.15, 0.2) is 11.6 Å². The number of hydrogen-bond donors (Lipinski definition) is 6. The van der Waals surface area contributed by atoms with E-state index in [0.717, 1.165) is 82.7 Å². The molecule has 5 amide bonds. The van der Waals surface area contributed by atoms with Crippen LogP contribution in [0.1, 0.15) is 143 Å². The first-order chi connectivity index (χ1) is 47.3. The van der Waals surface area contributed by atoms with E-state index in [-0.39, 0.29) is 113 Å². The zero-order valence-electron chi connectivity index (χ0n) is 60.7. The van der Waals surface area contributed by atoms with Crippen LogP contribution in [0.4, 0.5) is 0 Å². The Balaban J connectivity index is 0.768. The highest BCUT2D eigenvalue weighted by Gasteiger charge is 2.67. The van der Waals surface area contributed by atoms with Gasteiger partial charge in [-0.2, -0.15) is 0 Å². The number of amides is 5. The summed E-state index contributed by atoms with van der Waals surface area (Å²) in [6.07, 6.45) is 23.2. The van der Waals surface area contributed by atoms with Gasteiger partial charge in [-0.3, -0.25) is 48.5 Å². The summed E-state index contributed by atoms with van der Waals surface area (Å²) in [5.74, 6) is 0.669. The van der Waals surface area contributed by atoms with E-state index in [4.69, 9.17) is 18.9 Å². The molecule has 8 aliphatic carbocycles. The van der Waals surface area contributed by atoms with Crippen LogP contribution in [0.5, 0.6) is 0 Å². The summed E-state index contributed by atoms with van der Waals surface area (Å²) in [5.41, 5.74) is 14.5. The standard InChI is InChI=1S/C73H116N12O14/c1-68-22-16-53(87)42-51(68)12-14-55-57(68)18-24-70(3)59(55)20-26-72(70,94)61-44-84(76-74-61)30-10-28-78(5)46-63(89)81(34-39-97-7)50-67(93)83(36-41-99-9)49-65(91)80(48-66(92)82(35-40-98-8)47-64(90)79(32-37-86)33-38-96-6)29-11-31-85-45-62(75-77-85)73(95)27-21-60-56-15-13-52-43-54(88)17-23-69(52,2)58(56)19-25-71(60,73)4/h37,42-45,55-60,74-77,94-95H,10-36,38-41,46-50H2,1-9H3/t55-,56-,57+,58+,59+,60+,68+,69+,70+,71+,72-,73-/m1/s1. The minimum absolute atomic E-state index is 0.00410. The van der Waals surface area contributed by atoms with E-state index in [9.17, 15) is 48.6 Å². The fourth-order valence-corrected chi connectivity index (χ4v) is 20.2. The van der Waals surface area contributed by atoms with Gasteiger partial charge in [0, 0.05) is 117 Å². The third kappa shape index (κ3) is 15.6. The molecule has 0 aromatic heterocycles. The van der Waals surface area contributed by atoms with Crippen LogP contribution >= 0.6 is 0 Å². The maximum atomic E-state index is 14.9. The fourth-order valence-electron chi connectivity index (χ4n) is 20.2. The summed E-state index contributed by atoms with van der Waals surface area (Å²) in [4.78, 5) is 117. The van der Waals surface area contributed by atoms with Gasteiger partial charge in [-0.15, -0.1) is 11.1 Å². The number of allylic oxidation sites excluding steroid dienone is 2. The molecule has 10 aliphatic rings. The second kappa shape index (κ2) is 32.2. The van der Waals surface area contributed by atoms with Gasteiger partial charge in [-0.1, -0.05) is 38.8 Å². The normalized spacial score (nSPS) is 32.0. The van der Waals surface area contributed by atoms with Gasteiger partial charge >= 0.3 is 0 Å². The van der Waals surface area contributed by atoms with E-state index in [1.54, 1.807) is 0 Å². The first-order valence-electron chi connectivity index (χ1n) is 36.7. The molecular weight excluding hydrogens is 1270 g/mol. The van der Waals surface area contributed by atoms with Crippen LogP contribution in [0.25, 0.3) is 0 Å². The molecule has 0 aromatic rings. The highest BCUT2D eigenvalue weighted by atomic mass is 16.5. The Hall–Kier alpha value is -5.84. The van der Waals surface area contributed by atoms with Crippen molar-refractivity contribution in [2.75, 3.05) is 154 Å². The number of nitrogens with zero attached hydrogens (tertiary/aromatic N) is 8. The number of rotatable bonds is 34. The molecule has 0 unspecified atom stereocenters. The third-order valence-electron chi connectivity index (χ3n) is 26.2. The van der Waals surface area contributed by atoms with E-state index in [1.807, 2.05) is 46.5 Å². The van der Waals surface area contributed by atoms with Gasteiger partial charge in [0.25, 0.3) is 0 Å². The molecule has 26 heteroatoms. The molecule has 0 aromatic carbocycles. The Labute approximate surface area is 586 Å². The summed E-state index contributed by atoms with van der Waals surface area (Å²) in [7, 11) is 7.80. The minimum Gasteiger partial charge on any atom is -0.383 e. The number of methoxy groups -OCH3 is 4. The van der Waals surface area contributed by atoms with E-state index in [2.05, 4.69) is 49.6 Å². The Kier molecular flexibility index (Phi) is 24.7. The van der Waals surface area contributed by atoms with E-state index < -0.39 is 59.9 Å². The van der Waals surface area contributed by atoms with Crippen molar-refractivity contribution < 1.29 is 67.5 Å². The first-order valence-corrected chi connectivity index (χ1v) is 36.7. The molecule has 12 atom stereocenters. The van der Waals surface area contributed by atoms with Crippen molar-refractivity contribution in [2.45, 2.75) is 154 Å². The fraction of sp³-hybridized carbons (Fsp3) is 0.781. The van der Waals surface area contributed by atoms with Crippen molar-refractivity contribution >= 4 is 47.4 Å². The Morgan fingerprint density at radius 1 is 0.495 bits per heavy atom. The number of ether oxygens (including phenoxy) is 4. The zero-order valence-corrected chi connectivity index (χ0v) is 60.7. The number of ketones is 2. The van der Waals surface area contributed by atoms with Crippen molar-refractivity contribution in [1.82, 2.24) is 61.3 Å². The maximum Gasteiger partial charge on any atom is 0.242 e. The number of hydrogen-bond acceptors (Lipinski definition) is 21. The van der Waals surface area contributed by atoms with Crippen LogP contribution in [0.2, 0.25) is 0 Å². The van der Waals surface area contributed by atoms with Crippen LogP contribution in [0.15, 0.2) is 47.1 Å². The Morgan fingerprint density at radius 2 is 0.859 bits per heavy atom. The minimum atomic E-state index is -1.14. The SMILES string of the molecule is COCCN(CC=O)C(=O)CN(CCOC)C(=O)CN(CCCN1C=C([C@]2(O)CC[C@H]3[C@@H]4CCC5=CC(=O)CC[C@]5(C)[C@H]4CC[C@@]32C)NN1)C(=O)CN(CCOC)C(=O)CN(CCOC)C(=O)CN(C)CCCN1C=C([C@]2(O)CC[C@H]3[C@@H]4CCC5=CC(=O)CC[C@]5(C)[C@H]4CC[C@@]32C)NN1. The van der Waals surface area contributed by atoms with Gasteiger partial charge in [0.05, 0.1) is 77.1 Å². The van der Waals surface area contributed by atoms with Crippen molar-refractivity contribution in [3.8, 4) is 0 Å². The number of carbonyl (C=O) groups is 8. The number of nitrogens with one attached hydrogen (secondary N) is 4. The lowest BCUT2D eigenvalue weighted by molar-refractivity contribution is -0.148.